The van der Waals surface area contributed by atoms with Gasteiger partial charge in [-0.1, -0.05) is 36.2 Å². The van der Waals surface area contributed by atoms with Crippen LogP contribution in [0.3, 0.4) is 0 Å². The molecule has 3 N–H and O–H groups in total. The smallest absolute Gasteiger partial charge is 0.319 e. The molecule has 0 aliphatic carbocycles. The molecule has 0 radical (unpaired) electrons. The molecular formula is C28H38Cl2N4O4. The van der Waals surface area contributed by atoms with Crippen LogP contribution in [0.15, 0.2) is 36.4 Å². The minimum absolute atomic E-state index is 0.00979. The molecule has 0 bridgehead atoms. The van der Waals surface area contributed by atoms with Crippen molar-refractivity contribution in [1.82, 2.24) is 15.1 Å². The Labute approximate surface area is 235 Å². The largest absolute Gasteiger partial charge is 0.488 e. The average molecular weight is 566 g/mol. The van der Waals surface area contributed by atoms with E-state index >= 15 is 0 Å². The van der Waals surface area contributed by atoms with Crippen LogP contribution in [0.4, 0.5) is 10.5 Å². The number of anilines is 1. The fourth-order valence-corrected chi connectivity index (χ4v) is 4.80. The number of benzene rings is 2. The Morgan fingerprint density at radius 1 is 1.18 bits per heavy atom. The second kappa shape index (κ2) is 13.5. The van der Waals surface area contributed by atoms with Gasteiger partial charge in [-0.25, -0.2) is 4.79 Å². The van der Waals surface area contributed by atoms with Crippen molar-refractivity contribution in [2.75, 3.05) is 32.1 Å². The summed E-state index contributed by atoms with van der Waals surface area (Å²) in [5.41, 5.74) is 2.28. The first-order valence-corrected chi connectivity index (χ1v) is 13.6. The van der Waals surface area contributed by atoms with Crippen molar-refractivity contribution in [3.8, 4) is 5.75 Å². The number of carbonyl (C=O) groups is 2. The van der Waals surface area contributed by atoms with Gasteiger partial charge in [-0.15, -0.1) is 0 Å². The topological polar surface area (TPSA) is 94.1 Å². The maximum atomic E-state index is 13.4. The normalized spacial score (nSPS) is 18.8. The summed E-state index contributed by atoms with van der Waals surface area (Å²) in [6, 6.07) is 10.3. The highest BCUT2D eigenvalue weighted by Gasteiger charge is 2.31. The van der Waals surface area contributed by atoms with Gasteiger partial charge >= 0.3 is 6.03 Å². The fraction of sp³-hybridized carbons (Fsp3) is 0.500. The number of fused-ring (bicyclic) bond motifs is 1. The molecule has 0 fully saturated rings. The summed E-state index contributed by atoms with van der Waals surface area (Å²) in [6.45, 7) is 9.20. The Hall–Kier alpha value is -2.52. The van der Waals surface area contributed by atoms with E-state index in [2.05, 4.69) is 22.5 Å². The van der Waals surface area contributed by atoms with Gasteiger partial charge < -0.3 is 25.4 Å². The third-order valence-corrected chi connectivity index (χ3v) is 7.26. The Balaban J connectivity index is 1.87. The van der Waals surface area contributed by atoms with Gasteiger partial charge in [-0.2, -0.15) is 0 Å². The molecule has 0 unspecified atom stereocenters. The van der Waals surface area contributed by atoms with Crippen LogP contribution in [-0.2, 0) is 17.8 Å². The summed E-state index contributed by atoms with van der Waals surface area (Å²) < 4.78 is 6.56. The van der Waals surface area contributed by atoms with Crippen LogP contribution in [0.25, 0.3) is 0 Å². The Morgan fingerprint density at radius 2 is 1.92 bits per heavy atom. The van der Waals surface area contributed by atoms with E-state index in [0.29, 0.717) is 46.7 Å². The molecule has 3 atom stereocenters. The van der Waals surface area contributed by atoms with Crippen LogP contribution in [0.1, 0.15) is 38.8 Å². The Morgan fingerprint density at radius 3 is 2.58 bits per heavy atom. The summed E-state index contributed by atoms with van der Waals surface area (Å²) in [5, 5.41) is 16.5. The van der Waals surface area contributed by atoms with Crippen molar-refractivity contribution in [2.24, 2.45) is 5.92 Å². The number of carbonyl (C=O) groups excluding carboxylic acids is 2. The lowest BCUT2D eigenvalue weighted by Gasteiger charge is -2.34. The summed E-state index contributed by atoms with van der Waals surface area (Å²) in [5.74, 6) is 0.480. The van der Waals surface area contributed by atoms with Crippen molar-refractivity contribution in [3.63, 3.8) is 0 Å². The van der Waals surface area contributed by atoms with Crippen molar-refractivity contribution in [1.29, 1.82) is 0 Å². The summed E-state index contributed by atoms with van der Waals surface area (Å²) in [6.07, 6.45) is -0.150. The molecule has 2 aromatic carbocycles. The molecule has 1 aliphatic rings. The van der Waals surface area contributed by atoms with Crippen molar-refractivity contribution in [3.05, 3.63) is 57.6 Å². The number of amides is 3. The highest BCUT2D eigenvalue weighted by Crippen LogP contribution is 2.30. The van der Waals surface area contributed by atoms with E-state index in [1.165, 1.54) is 0 Å². The van der Waals surface area contributed by atoms with Crippen LogP contribution in [0, 0.1) is 5.92 Å². The number of hydrogen-bond acceptors (Lipinski definition) is 5. The number of urea groups is 1. The van der Waals surface area contributed by atoms with Gasteiger partial charge in [-0.3, -0.25) is 9.69 Å². The van der Waals surface area contributed by atoms with E-state index in [1.807, 2.05) is 40.0 Å². The second-order valence-electron chi connectivity index (χ2n) is 10.4. The average Bonchev–Trinajstić information content (AvgIpc) is 2.88. The van der Waals surface area contributed by atoms with Gasteiger partial charge in [0, 0.05) is 42.8 Å². The zero-order valence-corrected chi connectivity index (χ0v) is 24.1. The third kappa shape index (κ3) is 8.24. The number of aliphatic hydroxyl groups is 1. The minimum Gasteiger partial charge on any atom is -0.488 e. The van der Waals surface area contributed by atoms with Crippen molar-refractivity contribution < 1.29 is 19.4 Å². The first-order chi connectivity index (χ1) is 18.0. The summed E-state index contributed by atoms with van der Waals surface area (Å²) in [4.78, 5) is 29.5. The molecule has 1 aliphatic heterocycles. The molecule has 38 heavy (non-hydrogen) atoms. The standard InChI is InChI=1S/C28H38Cl2N4O4/c1-17(2)31-28(37)32-22-7-9-25-21(11-22)12-27(36)34(19(4)16-35)13-18(3)26(38-25)15-33(5)14-20-6-8-23(29)24(30)10-20/h6-11,17-19,26,35H,12-16H2,1-5H3,(H2,31,32,37)/t18-,19-,26+/m1/s1. The molecule has 8 nitrogen and oxygen atoms in total. The number of nitrogens with zero attached hydrogens (tertiary/aromatic N) is 2. The van der Waals surface area contributed by atoms with Gasteiger partial charge in [0.25, 0.3) is 0 Å². The van der Waals surface area contributed by atoms with Gasteiger partial charge in [0.15, 0.2) is 0 Å². The maximum absolute atomic E-state index is 13.4. The lowest BCUT2D eigenvalue weighted by molar-refractivity contribution is -0.134. The molecular weight excluding hydrogens is 527 g/mol. The van der Waals surface area contributed by atoms with Gasteiger partial charge in [0.2, 0.25) is 5.91 Å². The summed E-state index contributed by atoms with van der Waals surface area (Å²) >= 11 is 12.3. The molecule has 3 rings (SSSR count). The number of hydrogen-bond donors (Lipinski definition) is 3. The first kappa shape index (κ1) is 30.0. The minimum atomic E-state index is -0.334. The SMILES string of the molecule is CC(C)NC(=O)Nc1ccc2c(c1)CC(=O)N([C@H](C)CO)C[C@@H](C)[C@H](CN(C)Cc1ccc(Cl)c(Cl)c1)O2. The zero-order valence-electron chi connectivity index (χ0n) is 22.6. The fourth-order valence-electron chi connectivity index (χ4n) is 4.48. The molecule has 208 valence electrons. The van der Waals surface area contributed by atoms with Gasteiger partial charge in [0.05, 0.1) is 29.1 Å². The van der Waals surface area contributed by atoms with Crippen LogP contribution < -0.4 is 15.4 Å². The molecule has 2 aromatic rings. The lowest BCUT2D eigenvalue weighted by atomic mass is 10.0. The maximum Gasteiger partial charge on any atom is 0.319 e. The third-order valence-electron chi connectivity index (χ3n) is 6.52. The monoisotopic (exact) mass is 564 g/mol. The van der Waals surface area contributed by atoms with Gasteiger partial charge in [0.1, 0.15) is 11.9 Å². The number of halogens is 2. The quantitative estimate of drug-likeness (QED) is 0.428. The van der Waals surface area contributed by atoms with E-state index in [4.69, 9.17) is 27.9 Å². The Kier molecular flexibility index (Phi) is 10.7. The van der Waals surface area contributed by atoms with Crippen LogP contribution >= 0.6 is 23.2 Å². The second-order valence-corrected chi connectivity index (χ2v) is 11.2. The van der Waals surface area contributed by atoms with Gasteiger partial charge in [-0.05, 0) is 63.7 Å². The number of aliphatic hydroxyl groups excluding tert-OH is 1. The highest BCUT2D eigenvalue weighted by atomic mass is 35.5. The van der Waals surface area contributed by atoms with Crippen LogP contribution in [-0.4, -0.2) is 71.8 Å². The Bertz CT molecular complexity index is 1130. The summed E-state index contributed by atoms with van der Waals surface area (Å²) in [7, 11) is 2.01. The van der Waals surface area contributed by atoms with Crippen molar-refractivity contribution >= 4 is 40.8 Å². The zero-order chi connectivity index (χ0) is 28.0. The highest BCUT2D eigenvalue weighted by molar-refractivity contribution is 6.42. The predicted molar refractivity (Wildman–Crippen MR) is 152 cm³/mol. The number of nitrogens with one attached hydrogen (secondary N) is 2. The number of likely N-dealkylation sites (N-methyl/N-ethyl adjacent to an activating group) is 1. The lowest BCUT2D eigenvalue weighted by Crippen LogP contribution is -2.47. The molecule has 0 saturated heterocycles. The van der Waals surface area contributed by atoms with E-state index in [1.54, 1.807) is 29.2 Å². The first-order valence-electron chi connectivity index (χ1n) is 12.9. The number of rotatable bonds is 8. The predicted octanol–water partition coefficient (Wildman–Crippen LogP) is 4.80. The van der Waals surface area contributed by atoms with E-state index in [0.717, 1.165) is 5.56 Å². The molecule has 0 aromatic heterocycles. The number of ether oxygens (including phenoxy) is 1. The molecule has 1 heterocycles. The molecule has 0 spiro atoms. The molecule has 0 saturated carbocycles. The van der Waals surface area contributed by atoms with E-state index < -0.39 is 0 Å². The van der Waals surface area contributed by atoms with Crippen LogP contribution in [0.5, 0.6) is 5.75 Å². The van der Waals surface area contributed by atoms with Crippen LogP contribution in [0.2, 0.25) is 10.0 Å². The molecule has 3 amide bonds. The van der Waals surface area contributed by atoms with E-state index in [9.17, 15) is 14.7 Å². The molecule has 10 heteroatoms. The van der Waals surface area contributed by atoms with Crippen molar-refractivity contribution in [2.45, 2.75) is 58.8 Å². The van der Waals surface area contributed by atoms with E-state index in [-0.39, 0.29) is 49.1 Å².